The molecule has 0 saturated carbocycles. The monoisotopic (exact) mass is 600 g/mol. The Balaban J connectivity index is 1.52. The lowest BCUT2D eigenvalue weighted by Gasteiger charge is -2.25. The first kappa shape index (κ1) is 30.8. The first-order valence-corrected chi connectivity index (χ1v) is 14.4. The highest BCUT2D eigenvalue weighted by atomic mass is 16.5. The van der Waals surface area contributed by atoms with Gasteiger partial charge in [0.15, 0.2) is 12.2 Å². The fraction of sp³-hybridized carbons (Fsp3) is 0.132. The van der Waals surface area contributed by atoms with Crippen molar-refractivity contribution >= 4 is 18.9 Å². The normalized spacial score (nSPS) is 12.0. The van der Waals surface area contributed by atoms with E-state index in [1.165, 1.54) is 0 Å². The van der Waals surface area contributed by atoms with Crippen molar-refractivity contribution in [1.29, 1.82) is 0 Å². The zero-order chi connectivity index (χ0) is 31.8. The molecule has 7 heteroatoms. The average Bonchev–Trinajstić information content (AvgIpc) is 3.06. The van der Waals surface area contributed by atoms with Crippen LogP contribution in [0, 0.1) is 13.8 Å². The number of aromatic carboxylic acids is 1. The molecule has 0 bridgehead atoms. The number of ether oxygens (including phenoxy) is 3. The van der Waals surface area contributed by atoms with Crippen LogP contribution in [0.4, 0.5) is 0 Å². The van der Waals surface area contributed by atoms with Crippen LogP contribution in [0.15, 0.2) is 115 Å². The molecule has 2 atom stereocenters. The van der Waals surface area contributed by atoms with Gasteiger partial charge >= 0.3 is 5.97 Å². The molecular weight excluding hydrogens is 568 g/mol. The average molecular weight is 601 g/mol. The highest BCUT2D eigenvalue weighted by Crippen LogP contribution is 2.37. The molecule has 0 spiro atoms. The van der Waals surface area contributed by atoms with Crippen LogP contribution in [0.1, 0.15) is 61.5 Å². The van der Waals surface area contributed by atoms with Crippen LogP contribution in [0.3, 0.4) is 0 Å². The number of hydrogen-bond donors (Lipinski definition) is 1. The number of rotatable bonds is 13. The molecule has 2 unspecified atom stereocenters. The second-order valence-electron chi connectivity index (χ2n) is 10.6. The Kier molecular flexibility index (Phi) is 9.70. The van der Waals surface area contributed by atoms with Gasteiger partial charge in [0.25, 0.3) is 12.9 Å². The molecule has 5 aromatic rings. The molecule has 0 heterocycles. The van der Waals surface area contributed by atoms with Gasteiger partial charge < -0.3 is 19.3 Å². The first-order chi connectivity index (χ1) is 21.9. The molecule has 5 rings (SSSR count). The molecule has 1 N–H and O–H groups in total. The third-order valence-electron chi connectivity index (χ3n) is 7.75. The van der Waals surface area contributed by atoms with Gasteiger partial charge in [-0.15, -0.1) is 0 Å². The van der Waals surface area contributed by atoms with E-state index in [1.807, 2.05) is 117 Å². The van der Waals surface area contributed by atoms with Gasteiger partial charge in [0.05, 0.1) is 5.56 Å². The summed E-state index contributed by atoms with van der Waals surface area (Å²) in [5.41, 5.74) is 7.54. The van der Waals surface area contributed by atoms with Gasteiger partial charge in [0.1, 0.15) is 12.4 Å². The summed E-state index contributed by atoms with van der Waals surface area (Å²) in [7, 11) is 0. The first-order valence-electron chi connectivity index (χ1n) is 14.4. The molecule has 7 nitrogen and oxygen atoms in total. The van der Waals surface area contributed by atoms with Crippen molar-refractivity contribution in [2.75, 3.05) is 0 Å². The summed E-state index contributed by atoms with van der Waals surface area (Å²) in [4.78, 5) is 34.8. The Hall–Kier alpha value is -5.69. The van der Waals surface area contributed by atoms with E-state index in [4.69, 9.17) is 14.2 Å². The molecule has 45 heavy (non-hydrogen) atoms. The third kappa shape index (κ3) is 6.94. The zero-order valence-electron chi connectivity index (χ0n) is 24.9. The van der Waals surface area contributed by atoms with E-state index in [1.54, 1.807) is 12.1 Å². The van der Waals surface area contributed by atoms with Gasteiger partial charge in [-0.05, 0) is 77.1 Å². The van der Waals surface area contributed by atoms with Gasteiger partial charge in [-0.1, -0.05) is 91.0 Å². The van der Waals surface area contributed by atoms with Crippen molar-refractivity contribution < 1.29 is 33.7 Å². The quantitative estimate of drug-likeness (QED) is 0.138. The Morgan fingerprint density at radius 3 is 1.89 bits per heavy atom. The van der Waals surface area contributed by atoms with E-state index >= 15 is 0 Å². The van der Waals surface area contributed by atoms with Crippen molar-refractivity contribution in [3.8, 4) is 16.9 Å². The number of hydrogen-bond acceptors (Lipinski definition) is 6. The highest BCUT2D eigenvalue weighted by Gasteiger charge is 2.26. The molecule has 0 aliphatic rings. The van der Waals surface area contributed by atoms with Gasteiger partial charge in [-0.3, -0.25) is 9.59 Å². The lowest BCUT2D eigenvalue weighted by Crippen LogP contribution is -2.14. The van der Waals surface area contributed by atoms with Crippen molar-refractivity contribution in [3.63, 3.8) is 0 Å². The molecule has 0 aromatic heterocycles. The maximum Gasteiger partial charge on any atom is 0.335 e. The van der Waals surface area contributed by atoms with Crippen LogP contribution >= 0.6 is 0 Å². The summed E-state index contributed by atoms with van der Waals surface area (Å²) in [6.07, 6.45) is -1.49. The van der Waals surface area contributed by atoms with Gasteiger partial charge in [0, 0.05) is 11.1 Å². The van der Waals surface area contributed by atoms with Crippen molar-refractivity contribution in [3.05, 3.63) is 160 Å². The minimum absolute atomic E-state index is 0.210. The Bertz CT molecular complexity index is 1800. The number of aryl methyl sites for hydroxylation is 1. The van der Waals surface area contributed by atoms with E-state index < -0.39 is 18.2 Å². The highest BCUT2D eigenvalue weighted by molar-refractivity contribution is 5.89. The fourth-order valence-corrected chi connectivity index (χ4v) is 5.53. The summed E-state index contributed by atoms with van der Waals surface area (Å²) >= 11 is 0. The summed E-state index contributed by atoms with van der Waals surface area (Å²) in [6.45, 7) is 4.90. The van der Waals surface area contributed by atoms with Crippen LogP contribution in [0.2, 0.25) is 0 Å². The molecule has 226 valence electrons. The predicted octanol–water partition coefficient (Wildman–Crippen LogP) is 7.77. The maximum atomic E-state index is 11.7. The minimum atomic E-state index is -0.968. The molecular formula is C38H32O7. The van der Waals surface area contributed by atoms with E-state index in [9.17, 15) is 19.5 Å². The number of carbonyl (C=O) groups is 3. The smallest absolute Gasteiger partial charge is 0.335 e. The SMILES string of the molecule is Cc1cc(C(=O)O)ccc1-c1cccc(OCc2ccc(C(OC=O)c3ccccc3)c(C(OC=O)c3ccccc3)c2)c1C. The van der Waals surface area contributed by atoms with E-state index in [-0.39, 0.29) is 12.2 Å². The van der Waals surface area contributed by atoms with E-state index in [0.29, 0.717) is 29.8 Å². The van der Waals surface area contributed by atoms with Crippen LogP contribution in [-0.4, -0.2) is 24.0 Å². The second kappa shape index (κ2) is 14.2. The van der Waals surface area contributed by atoms with Crippen molar-refractivity contribution in [1.82, 2.24) is 0 Å². The third-order valence-corrected chi connectivity index (χ3v) is 7.75. The fourth-order valence-electron chi connectivity index (χ4n) is 5.53. The molecule has 0 fully saturated rings. The minimum Gasteiger partial charge on any atom is -0.489 e. The number of benzene rings is 5. The number of carboxylic acids is 1. The number of carboxylic acid groups (broad SMARTS) is 1. The van der Waals surface area contributed by atoms with Gasteiger partial charge in [0.2, 0.25) is 0 Å². The topological polar surface area (TPSA) is 99.1 Å². The van der Waals surface area contributed by atoms with Crippen LogP contribution in [0.5, 0.6) is 5.75 Å². The number of carbonyl (C=O) groups excluding carboxylic acids is 2. The Morgan fingerprint density at radius 2 is 1.31 bits per heavy atom. The van der Waals surface area contributed by atoms with Crippen LogP contribution < -0.4 is 4.74 Å². The molecule has 0 amide bonds. The van der Waals surface area contributed by atoms with Crippen LogP contribution in [-0.2, 0) is 25.7 Å². The predicted molar refractivity (Wildman–Crippen MR) is 170 cm³/mol. The van der Waals surface area contributed by atoms with Crippen molar-refractivity contribution in [2.24, 2.45) is 0 Å². The van der Waals surface area contributed by atoms with Gasteiger partial charge in [-0.2, -0.15) is 0 Å². The molecule has 5 aromatic carbocycles. The van der Waals surface area contributed by atoms with Crippen LogP contribution in [0.25, 0.3) is 11.1 Å². The van der Waals surface area contributed by atoms with E-state index in [0.717, 1.165) is 38.9 Å². The molecule has 0 aliphatic heterocycles. The molecule has 0 radical (unpaired) electrons. The summed E-state index contributed by atoms with van der Waals surface area (Å²) < 4.78 is 17.6. The summed E-state index contributed by atoms with van der Waals surface area (Å²) in [5, 5.41) is 9.36. The zero-order valence-corrected chi connectivity index (χ0v) is 24.9. The maximum absolute atomic E-state index is 11.7. The lowest BCUT2D eigenvalue weighted by atomic mass is 9.89. The van der Waals surface area contributed by atoms with Gasteiger partial charge in [-0.25, -0.2) is 4.79 Å². The Morgan fingerprint density at radius 1 is 0.689 bits per heavy atom. The van der Waals surface area contributed by atoms with Crippen molar-refractivity contribution in [2.45, 2.75) is 32.7 Å². The summed E-state index contributed by atoms with van der Waals surface area (Å²) in [5.74, 6) is -0.292. The van der Waals surface area contributed by atoms with E-state index in [2.05, 4.69) is 0 Å². The Labute approximate surface area is 261 Å². The lowest BCUT2D eigenvalue weighted by molar-refractivity contribution is -0.134. The largest absolute Gasteiger partial charge is 0.489 e. The summed E-state index contributed by atoms with van der Waals surface area (Å²) in [6, 6.07) is 35.3. The molecule has 0 aliphatic carbocycles. The molecule has 0 saturated heterocycles. The standard InChI is InChI=1S/C38H32O7/c1-25-20-30(38(41)42)17-19-31(25)32-14-9-15-35(26(32)2)43-22-27-16-18-33(36(44-23-39)28-10-5-3-6-11-28)34(21-27)37(45-24-40)29-12-7-4-8-13-29/h3-21,23-24,36-37H,22H2,1-2H3,(H,41,42). The second-order valence-corrected chi connectivity index (χ2v) is 10.6.